The zero-order valence-electron chi connectivity index (χ0n) is 3.37. The molecule has 0 saturated carbocycles. The molecule has 8 heavy (non-hydrogen) atoms. The summed E-state index contributed by atoms with van der Waals surface area (Å²) in [6.07, 6.45) is 0. The molecule has 0 bridgehead atoms. The SMILES string of the molecule is O=[N+]([O-])[O-].[F-].[O]=[U+2]=[O]. The van der Waals surface area contributed by atoms with Crippen molar-refractivity contribution in [2.45, 2.75) is 0 Å². The van der Waals surface area contributed by atoms with E-state index in [9.17, 15) is 0 Å². The van der Waals surface area contributed by atoms with Crippen molar-refractivity contribution >= 4 is 0 Å². The van der Waals surface area contributed by atoms with Gasteiger partial charge in [0.1, 0.15) is 0 Å². The molecule has 0 aromatic carbocycles. The first-order valence-corrected chi connectivity index (χ1v) is 4.36. The molecule has 0 N–H and O–H groups in total. The molecule has 0 radical (unpaired) electrons. The summed E-state index contributed by atoms with van der Waals surface area (Å²) in [5, 5.41) is 14.8. The Bertz CT molecular complexity index is 80.4. The zero-order chi connectivity index (χ0) is 6.28. The van der Waals surface area contributed by atoms with Crippen molar-refractivity contribution in [3.05, 3.63) is 15.3 Å². The Labute approximate surface area is 57.6 Å². The van der Waals surface area contributed by atoms with Crippen molar-refractivity contribution in [1.82, 2.24) is 0 Å². The Kier molecular flexibility index (Phi) is 31.0. The summed E-state index contributed by atoms with van der Waals surface area (Å²) < 4.78 is 17.2. The first-order chi connectivity index (χ1) is 3.15. The molecule has 0 aliphatic heterocycles. The molecular formula is FNO5U. The second-order valence-electron chi connectivity index (χ2n) is 0.307. The Morgan fingerprint density at radius 1 is 1.25 bits per heavy atom. The van der Waals surface area contributed by atoms with Gasteiger partial charge in [-0.3, -0.25) is 0 Å². The van der Waals surface area contributed by atoms with Gasteiger partial charge >= 0.3 is 32.3 Å². The van der Waals surface area contributed by atoms with Gasteiger partial charge in [0.15, 0.2) is 0 Å². The molecule has 0 aromatic heterocycles. The van der Waals surface area contributed by atoms with Gasteiger partial charge in [0.25, 0.3) is 0 Å². The topological polar surface area (TPSA) is 100 Å². The average molecular weight is 351 g/mol. The maximum atomic E-state index is 8.58. The summed E-state index contributed by atoms with van der Waals surface area (Å²) in [6.45, 7) is 0. The molecule has 0 rings (SSSR count). The van der Waals surface area contributed by atoms with E-state index in [-0.39, 0.29) is 4.70 Å². The molecule has 46 valence electrons. The molecular weight excluding hydrogens is 351 g/mol. The molecule has 6 nitrogen and oxygen atoms in total. The number of hydrogen-bond acceptors (Lipinski definition) is 5. The average Bonchev–Trinajstić information content (AvgIpc) is 1.33. The second-order valence-corrected chi connectivity index (χ2v) is 1.00. The van der Waals surface area contributed by atoms with Crippen LogP contribution >= 0.6 is 0 Å². The Hall–Kier alpha value is -0.218. The van der Waals surface area contributed by atoms with Gasteiger partial charge in [-0.25, -0.2) is 0 Å². The van der Waals surface area contributed by atoms with Gasteiger partial charge < -0.3 is 20.0 Å². The molecule has 0 saturated heterocycles. The Balaban J connectivity index is -0.0000000575. The predicted octanol–water partition coefficient (Wildman–Crippen LogP) is -3.47. The minimum absolute atomic E-state index is 0. The fourth-order valence-corrected chi connectivity index (χ4v) is 0. The quantitative estimate of drug-likeness (QED) is 0.334. The fourth-order valence-electron chi connectivity index (χ4n) is 0. The van der Waals surface area contributed by atoms with E-state index in [0.717, 1.165) is 0 Å². The van der Waals surface area contributed by atoms with Gasteiger partial charge in [-0.2, -0.15) is 0 Å². The number of hydrogen-bond donors (Lipinski definition) is 0. The van der Waals surface area contributed by atoms with Gasteiger partial charge in [0, 0.05) is 0 Å². The molecule has 0 aromatic rings. The third-order valence-electron chi connectivity index (χ3n) is 0. The monoisotopic (exact) mass is 351 g/mol. The van der Waals surface area contributed by atoms with Crippen LogP contribution in [-0.2, 0) is 4.47 Å². The van der Waals surface area contributed by atoms with Gasteiger partial charge in [0.2, 0.25) is 0 Å². The summed E-state index contributed by atoms with van der Waals surface area (Å²) >= 11 is -2.51. The van der Waals surface area contributed by atoms with E-state index in [4.69, 9.17) is 19.8 Å². The van der Waals surface area contributed by atoms with Crippen LogP contribution in [0.3, 0.4) is 0 Å². The van der Waals surface area contributed by atoms with Crippen LogP contribution in [0.15, 0.2) is 0 Å². The molecule has 0 atom stereocenters. The number of rotatable bonds is 0. The Morgan fingerprint density at radius 2 is 1.25 bits per heavy atom. The minimum atomic E-state index is -2.51. The van der Waals surface area contributed by atoms with E-state index in [1.165, 1.54) is 0 Å². The van der Waals surface area contributed by atoms with Crippen molar-refractivity contribution in [2.75, 3.05) is 0 Å². The van der Waals surface area contributed by atoms with Gasteiger partial charge in [-0.1, -0.05) is 0 Å². The van der Waals surface area contributed by atoms with Crippen molar-refractivity contribution < 1.29 is 42.1 Å². The molecule has 0 aliphatic carbocycles. The predicted molar refractivity (Wildman–Crippen MR) is 11.7 cm³/mol. The van der Waals surface area contributed by atoms with Gasteiger partial charge in [0.05, 0.1) is 5.09 Å². The van der Waals surface area contributed by atoms with Crippen LogP contribution in [0.4, 0.5) is 0 Å². The Morgan fingerprint density at radius 3 is 1.25 bits per heavy atom. The molecule has 0 heterocycles. The molecule has 0 amide bonds. The van der Waals surface area contributed by atoms with Crippen LogP contribution in [0, 0.1) is 43.1 Å². The van der Waals surface area contributed by atoms with Crippen LogP contribution in [0.2, 0.25) is 0 Å². The maximum absolute atomic E-state index is 8.58. The van der Waals surface area contributed by atoms with Crippen LogP contribution in [0.25, 0.3) is 0 Å². The molecule has 0 unspecified atom stereocenters. The van der Waals surface area contributed by atoms with Gasteiger partial charge in [-0.05, 0) is 0 Å². The van der Waals surface area contributed by atoms with Crippen molar-refractivity contribution in [3.63, 3.8) is 0 Å². The normalized spacial score (nSPS) is 4.00. The number of halogens is 1. The van der Waals surface area contributed by atoms with Crippen LogP contribution in [-0.4, -0.2) is 5.09 Å². The number of nitrogens with zero attached hydrogens (tertiary/aromatic N) is 1. The van der Waals surface area contributed by atoms with Crippen LogP contribution in [0.5, 0.6) is 0 Å². The standard InChI is InChI=1S/FH.NO3.2O.U/c;2-1(3)4;;;/h1H;;;;/q;-1;;;+2/p-1. The van der Waals surface area contributed by atoms with Gasteiger partial charge in [-0.15, -0.1) is 0 Å². The van der Waals surface area contributed by atoms with E-state index in [0.29, 0.717) is 0 Å². The van der Waals surface area contributed by atoms with Crippen LogP contribution in [0.1, 0.15) is 0 Å². The van der Waals surface area contributed by atoms with E-state index in [1.807, 2.05) is 0 Å². The first kappa shape index (κ1) is 15.7. The van der Waals surface area contributed by atoms with Crippen molar-refractivity contribution in [2.24, 2.45) is 0 Å². The van der Waals surface area contributed by atoms with Crippen LogP contribution < -0.4 is 4.70 Å². The third kappa shape index (κ3) is 2780. The third-order valence-corrected chi connectivity index (χ3v) is 0. The molecule has 0 fully saturated rings. The van der Waals surface area contributed by atoms with E-state index in [1.54, 1.807) is 0 Å². The summed E-state index contributed by atoms with van der Waals surface area (Å²) in [4.78, 5) is 8.25. The fraction of sp³-hybridized carbons (Fsp3) is 0. The summed E-state index contributed by atoms with van der Waals surface area (Å²) in [5.41, 5.74) is 0. The summed E-state index contributed by atoms with van der Waals surface area (Å²) in [6, 6.07) is 0. The zero-order valence-corrected chi connectivity index (χ0v) is 7.53. The molecule has 0 spiro atoms. The van der Waals surface area contributed by atoms with Crippen molar-refractivity contribution in [3.8, 4) is 0 Å². The summed E-state index contributed by atoms with van der Waals surface area (Å²) in [5.74, 6) is 0. The molecule has 8 heteroatoms. The van der Waals surface area contributed by atoms with E-state index in [2.05, 4.69) is 0 Å². The second kappa shape index (κ2) is 15.9. The van der Waals surface area contributed by atoms with E-state index >= 15 is 0 Å². The summed E-state index contributed by atoms with van der Waals surface area (Å²) in [7, 11) is 0. The first-order valence-electron chi connectivity index (χ1n) is 0.956. The van der Waals surface area contributed by atoms with E-state index < -0.39 is 32.9 Å². The molecule has 0 aliphatic rings. The van der Waals surface area contributed by atoms with Crippen molar-refractivity contribution in [1.29, 1.82) is 0 Å².